The molecule has 0 saturated heterocycles. The van der Waals surface area contributed by atoms with E-state index in [1.807, 2.05) is 0 Å². The topological polar surface area (TPSA) is 126 Å². The lowest BCUT2D eigenvalue weighted by Crippen LogP contribution is -2.18. The molecule has 4 rings (SSSR count). The van der Waals surface area contributed by atoms with E-state index in [1.54, 1.807) is 18.2 Å². The molecule has 2 aromatic heterocycles. The van der Waals surface area contributed by atoms with Crippen molar-refractivity contribution in [3.05, 3.63) is 59.4 Å². The van der Waals surface area contributed by atoms with Gasteiger partial charge in [-0.05, 0) is 36.8 Å². The zero-order chi connectivity index (χ0) is 24.7. The first-order valence-electron chi connectivity index (χ1n) is 9.97. The van der Waals surface area contributed by atoms with Gasteiger partial charge in [0, 0.05) is 35.6 Å². The van der Waals surface area contributed by atoms with Crippen LogP contribution in [0.15, 0.2) is 47.8 Å². The smallest absolute Gasteiger partial charge is 0.363 e. The summed E-state index contributed by atoms with van der Waals surface area (Å²) in [6.45, 7) is 1.51. The van der Waals surface area contributed by atoms with Gasteiger partial charge in [-0.2, -0.15) is 18.2 Å². The van der Waals surface area contributed by atoms with E-state index in [1.165, 1.54) is 25.3 Å². The van der Waals surface area contributed by atoms with Crippen molar-refractivity contribution in [3.63, 3.8) is 0 Å². The summed E-state index contributed by atoms with van der Waals surface area (Å²) in [5.74, 6) is -0.796. The van der Waals surface area contributed by atoms with E-state index in [4.69, 9.17) is 0 Å². The lowest BCUT2D eigenvalue weighted by atomic mass is 10.1. The lowest BCUT2D eigenvalue weighted by Gasteiger charge is -2.20. The first kappa shape index (κ1) is 23.4. The predicted octanol–water partition coefficient (Wildman–Crippen LogP) is 3.71. The number of alkyl halides is 3. The Morgan fingerprint density at radius 1 is 1.18 bits per heavy atom. The number of amides is 1. The van der Waals surface area contributed by atoms with Gasteiger partial charge >= 0.3 is 6.18 Å². The normalized spacial score (nSPS) is 14.3. The Morgan fingerprint density at radius 2 is 1.94 bits per heavy atom. The second kappa shape index (κ2) is 8.56. The predicted molar refractivity (Wildman–Crippen MR) is 118 cm³/mol. The number of carbonyl (C=O) groups excluding carboxylic acids is 1. The van der Waals surface area contributed by atoms with Crippen LogP contribution in [0.3, 0.4) is 0 Å². The number of nitrogens with zero attached hydrogens (tertiary/aromatic N) is 3. The zero-order valence-electron chi connectivity index (χ0n) is 17.9. The van der Waals surface area contributed by atoms with Crippen molar-refractivity contribution in [3.8, 4) is 0 Å². The fourth-order valence-electron chi connectivity index (χ4n) is 3.52. The summed E-state index contributed by atoms with van der Waals surface area (Å²) in [4.78, 5) is 23.2. The molecule has 13 heteroatoms. The molecule has 9 nitrogen and oxygen atoms in total. The van der Waals surface area contributed by atoms with E-state index in [0.717, 1.165) is 11.8 Å². The summed E-state index contributed by atoms with van der Waals surface area (Å²) in [5.41, 5.74) is 0.970. The second-order valence-electron chi connectivity index (χ2n) is 7.71. The summed E-state index contributed by atoms with van der Waals surface area (Å²) in [7, 11) is -3.71. The fourth-order valence-corrected chi connectivity index (χ4v) is 4.45. The maximum Gasteiger partial charge on any atom is 0.421 e. The molecule has 1 aliphatic heterocycles. The van der Waals surface area contributed by atoms with Crippen LogP contribution in [0.1, 0.15) is 29.7 Å². The minimum absolute atomic E-state index is 0.116. The number of rotatable bonds is 6. The Morgan fingerprint density at radius 3 is 2.65 bits per heavy atom. The van der Waals surface area contributed by atoms with Crippen molar-refractivity contribution in [2.75, 3.05) is 22.2 Å². The molecule has 0 saturated carbocycles. The highest BCUT2D eigenvalue weighted by Gasteiger charge is 2.36. The number of aromatic nitrogens is 3. The number of fused-ring (bicyclic) bond motifs is 1. The van der Waals surface area contributed by atoms with Gasteiger partial charge in [-0.15, -0.1) is 0 Å². The van der Waals surface area contributed by atoms with Gasteiger partial charge in [-0.25, -0.2) is 18.4 Å². The summed E-state index contributed by atoms with van der Waals surface area (Å²) in [6.07, 6.45) is -1.66. The number of halogens is 3. The highest BCUT2D eigenvalue weighted by Crippen LogP contribution is 2.36. The number of sulfone groups is 1. The van der Waals surface area contributed by atoms with Gasteiger partial charge in [0.25, 0.3) is 0 Å². The molecule has 0 fully saturated rings. The molecule has 0 aliphatic carbocycles. The number of nitrogens with one attached hydrogen (secondary N) is 3. The largest absolute Gasteiger partial charge is 0.421 e. The van der Waals surface area contributed by atoms with Crippen molar-refractivity contribution in [1.82, 2.24) is 15.0 Å². The number of benzene rings is 1. The van der Waals surface area contributed by atoms with E-state index in [0.29, 0.717) is 17.6 Å². The summed E-state index contributed by atoms with van der Waals surface area (Å²) < 4.78 is 65.0. The number of pyridine rings is 1. The van der Waals surface area contributed by atoms with Crippen LogP contribution in [0.25, 0.3) is 0 Å². The van der Waals surface area contributed by atoms with Crippen LogP contribution in [0.4, 0.5) is 36.3 Å². The van der Waals surface area contributed by atoms with E-state index in [9.17, 15) is 26.4 Å². The molecule has 0 spiro atoms. The Hall–Kier alpha value is -3.74. The number of carbonyl (C=O) groups is 1. The maximum atomic E-state index is 13.6. The standard InChI is InChI=1S/C21H19F3N6O3S/c1-11(14-4-3-7-25-19(14)34(2,32)33)27-18-15(21(22,23)24)10-26-20(30-18)28-13-5-6-16-12(8-13)9-17(31)29-16/h3-8,10-11H,9H2,1-2H3,(H,29,31)(H2,26,27,28,30). The molecule has 178 valence electrons. The summed E-state index contributed by atoms with van der Waals surface area (Å²) in [6, 6.07) is 7.07. The number of hydrogen-bond acceptors (Lipinski definition) is 8. The van der Waals surface area contributed by atoms with E-state index in [-0.39, 0.29) is 28.9 Å². The summed E-state index contributed by atoms with van der Waals surface area (Å²) >= 11 is 0. The minimum atomic E-state index is -4.76. The average Bonchev–Trinajstić information content (AvgIpc) is 3.11. The van der Waals surface area contributed by atoms with Crippen molar-refractivity contribution in [1.29, 1.82) is 0 Å². The highest BCUT2D eigenvalue weighted by molar-refractivity contribution is 7.90. The molecule has 34 heavy (non-hydrogen) atoms. The van der Waals surface area contributed by atoms with Crippen LogP contribution in [-0.4, -0.2) is 35.5 Å². The first-order chi connectivity index (χ1) is 15.9. The molecule has 0 radical (unpaired) electrons. The fraction of sp³-hybridized carbons (Fsp3) is 0.238. The highest BCUT2D eigenvalue weighted by atomic mass is 32.2. The lowest BCUT2D eigenvalue weighted by molar-refractivity contribution is -0.137. The molecule has 1 atom stereocenters. The van der Waals surface area contributed by atoms with Crippen LogP contribution in [-0.2, 0) is 27.2 Å². The molecule has 1 aromatic carbocycles. The van der Waals surface area contributed by atoms with Gasteiger partial charge in [-0.3, -0.25) is 4.79 Å². The van der Waals surface area contributed by atoms with E-state index < -0.39 is 33.4 Å². The van der Waals surface area contributed by atoms with Crippen molar-refractivity contribution >= 4 is 38.9 Å². The third-order valence-corrected chi connectivity index (χ3v) is 6.10. The van der Waals surface area contributed by atoms with Crippen LogP contribution < -0.4 is 16.0 Å². The van der Waals surface area contributed by atoms with Crippen LogP contribution in [0, 0.1) is 0 Å². The number of anilines is 4. The quantitative estimate of drug-likeness (QED) is 0.476. The van der Waals surface area contributed by atoms with Crippen molar-refractivity contribution in [2.45, 2.75) is 30.6 Å². The Labute approximate surface area is 192 Å². The molecule has 1 amide bonds. The molecule has 1 unspecified atom stereocenters. The first-order valence-corrected chi connectivity index (χ1v) is 11.9. The van der Waals surface area contributed by atoms with Crippen molar-refractivity contribution in [2.24, 2.45) is 0 Å². The van der Waals surface area contributed by atoms with Gasteiger partial charge < -0.3 is 16.0 Å². The van der Waals surface area contributed by atoms with Gasteiger partial charge in [0.05, 0.1) is 12.5 Å². The average molecular weight is 492 g/mol. The maximum absolute atomic E-state index is 13.6. The zero-order valence-corrected chi connectivity index (χ0v) is 18.8. The third-order valence-electron chi connectivity index (χ3n) is 5.05. The molecule has 3 heterocycles. The molecular weight excluding hydrogens is 473 g/mol. The van der Waals surface area contributed by atoms with Crippen LogP contribution >= 0.6 is 0 Å². The van der Waals surface area contributed by atoms with Gasteiger partial charge in [0.2, 0.25) is 11.9 Å². The van der Waals surface area contributed by atoms with Gasteiger partial charge in [-0.1, -0.05) is 6.07 Å². The molecule has 3 aromatic rings. The van der Waals surface area contributed by atoms with Gasteiger partial charge in [0.15, 0.2) is 14.9 Å². The SMILES string of the molecule is CC(Nc1nc(Nc2ccc3c(c2)CC(=O)N3)ncc1C(F)(F)F)c1cccnc1S(C)(=O)=O. The Kier molecular flexibility index (Phi) is 5.89. The monoisotopic (exact) mass is 492 g/mol. The second-order valence-corrected chi connectivity index (χ2v) is 9.64. The van der Waals surface area contributed by atoms with Crippen LogP contribution in [0.2, 0.25) is 0 Å². The molecule has 0 bridgehead atoms. The summed E-state index contributed by atoms with van der Waals surface area (Å²) in [5, 5.41) is 7.94. The van der Waals surface area contributed by atoms with Crippen LogP contribution in [0.5, 0.6) is 0 Å². The van der Waals surface area contributed by atoms with Crippen molar-refractivity contribution < 1.29 is 26.4 Å². The molecular formula is C21H19F3N6O3S. The molecule has 3 N–H and O–H groups in total. The Bertz CT molecular complexity index is 1380. The molecule has 1 aliphatic rings. The Balaban J connectivity index is 1.66. The van der Waals surface area contributed by atoms with E-state index >= 15 is 0 Å². The van der Waals surface area contributed by atoms with Gasteiger partial charge in [0.1, 0.15) is 11.4 Å². The third kappa shape index (κ3) is 4.93. The minimum Gasteiger partial charge on any atom is -0.363 e. The number of hydrogen-bond donors (Lipinski definition) is 3. The van der Waals surface area contributed by atoms with E-state index in [2.05, 4.69) is 30.9 Å².